The van der Waals surface area contributed by atoms with E-state index in [9.17, 15) is 5.26 Å². The Kier molecular flexibility index (Phi) is 8.63. The highest BCUT2D eigenvalue weighted by molar-refractivity contribution is 7.80. The van der Waals surface area contributed by atoms with Gasteiger partial charge in [-0.15, -0.1) is 24.0 Å². The highest BCUT2D eigenvalue weighted by atomic mass is 35.5. The van der Waals surface area contributed by atoms with Crippen LogP contribution in [0.2, 0.25) is 5.02 Å². The van der Waals surface area contributed by atoms with Crippen LogP contribution in [0.25, 0.3) is 44.4 Å². The standard InChI is InChI=1S/C29H24ClN3S.C7H8S/c1-17-7-10-25-23(13-17)27(22-11-12-34-26(22)16-31)28(33-25)19-6-4-5-18(14-19)21-9-8-20(15-24(21)30)29(2,3)32;1-6-2-4-7(8)5-3-6/h4-15,33H,32H2,1-3H3;2-5,8H,1H3. The van der Waals surface area contributed by atoms with Crippen molar-refractivity contribution in [2.45, 2.75) is 38.1 Å². The topological polar surface area (TPSA) is 65.6 Å². The van der Waals surface area contributed by atoms with E-state index in [0.29, 0.717) is 9.90 Å². The Balaban J connectivity index is 0.000000382. The molecule has 0 unspecified atom stereocenters. The van der Waals surface area contributed by atoms with Crippen molar-refractivity contribution in [1.29, 1.82) is 5.26 Å². The number of thiophene rings is 1. The van der Waals surface area contributed by atoms with Gasteiger partial charge < -0.3 is 10.7 Å². The first kappa shape index (κ1) is 29.7. The van der Waals surface area contributed by atoms with Crippen molar-refractivity contribution in [1.82, 2.24) is 4.98 Å². The van der Waals surface area contributed by atoms with Gasteiger partial charge >= 0.3 is 0 Å². The van der Waals surface area contributed by atoms with Crippen LogP contribution in [0.15, 0.2) is 101 Å². The molecule has 210 valence electrons. The van der Waals surface area contributed by atoms with Crippen LogP contribution in [0, 0.1) is 25.2 Å². The van der Waals surface area contributed by atoms with Crippen LogP contribution in [0.4, 0.5) is 0 Å². The Bertz CT molecular complexity index is 1900. The summed E-state index contributed by atoms with van der Waals surface area (Å²) in [6.45, 7) is 8.09. The maximum Gasteiger partial charge on any atom is 0.112 e. The lowest BCUT2D eigenvalue weighted by atomic mass is 9.92. The fourth-order valence-corrected chi connectivity index (χ4v) is 6.06. The highest BCUT2D eigenvalue weighted by Gasteiger charge is 2.20. The first-order chi connectivity index (χ1) is 20.0. The van der Waals surface area contributed by atoms with Gasteiger partial charge in [-0.1, -0.05) is 71.3 Å². The fraction of sp³-hybridized carbons (Fsp3) is 0.139. The monoisotopic (exact) mass is 605 g/mol. The van der Waals surface area contributed by atoms with Crippen molar-refractivity contribution in [2.24, 2.45) is 5.73 Å². The van der Waals surface area contributed by atoms with Gasteiger partial charge in [-0.25, -0.2) is 0 Å². The minimum absolute atomic E-state index is 0.458. The molecule has 6 heteroatoms. The van der Waals surface area contributed by atoms with Crippen LogP contribution in [0.1, 0.15) is 35.4 Å². The van der Waals surface area contributed by atoms with Gasteiger partial charge in [0.15, 0.2) is 0 Å². The number of aromatic nitrogens is 1. The molecule has 2 aromatic heterocycles. The van der Waals surface area contributed by atoms with Crippen molar-refractivity contribution in [3.63, 3.8) is 0 Å². The molecule has 0 aliphatic rings. The average Bonchev–Trinajstić information content (AvgIpc) is 3.58. The lowest BCUT2D eigenvalue weighted by Crippen LogP contribution is -2.28. The number of nitrogens with two attached hydrogens (primary N) is 1. The smallest absolute Gasteiger partial charge is 0.112 e. The molecule has 0 atom stereocenters. The quantitative estimate of drug-likeness (QED) is 0.175. The number of fused-ring (bicyclic) bond motifs is 1. The van der Waals surface area contributed by atoms with E-state index < -0.39 is 5.54 Å². The van der Waals surface area contributed by atoms with Crippen molar-refractivity contribution in [3.05, 3.63) is 123 Å². The molecule has 0 radical (unpaired) electrons. The lowest BCUT2D eigenvalue weighted by molar-refractivity contribution is 0.554. The van der Waals surface area contributed by atoms with Gasteiger partial charge in [0.1, 0.15) is 10.9 Å². The first-order valence-electron chi connectivity index (χ1n) is 13.6. The van der Waals surface area contributed by atoms with E-state index in [-0.39, 0.29) is 0 Å². The molecule has 6 rings (SSSR count). The SMILES string of the molecule is Cc1ccc(S)cc1.Cc1ccc2[nH]c(-c3cccc(-c4ccc(C(C)(C)N)cc4Cl)c3)c(-c3ccsc3C#N)c2c1. The summed E-state index contributed by atoms with van der Waals surface area (Å²) in [6.07, 6.45) is 0. The number of nitriles is 1. The van der Waals surface area contributed by atoms with E-state index in [1.807, 2.05) is 73.8 Å². The van der Waals surface area contributed by atoms with E-state index in [1.165, 1.54) is 22.5 Å². The third-order valence-corrected chi connectivity index (χ3v) is 8.63. The number of nitrogens with zero attached hydrogens (tertiary/aromatic N) is 1. The number of hydrogen-bond donors (Lipinski definition) is 3. The number of hydrogen-bond acceptors (Lipinski definition) is 4. The number of aromatic amines is 1. The number of halogens is 1. The third-order valence-electron chi connectivity index (χ3n) is 7.20. The van der Waals surface area contributed by atoms with Crippen LogP contribution in [-0.4, -0.2) is 4.98 Å². The molecule has 0 bridgehead atoms. The van der Waals surface area contributed by atoms with Gasteiger partial charge in [0.25, 0.3) is 0 Å². The molecule has 0 amide bonds. The second-order valence-electron chi connectivity index (χ2n) is 11.0. The Morgan fingerprint density at radius 1 is 0.857 bits per heavy atom. The largest absolute Gasteiger partial charge is 0.354 e. The van der Waals surface area contributed by atoms with Crippen LogP contribution in [-0.2, 0) is 5.54 Å². The van der Waals surface area contributed by atoms with Gasteiger partial charge in [0.2, 0.25) is 0 Å². The first-order valence-corrected chi connectivity index (χ1v) is 15.3. The predicted octanol–water partition coefficient (Wildman–Crippen LogP) is 10.5. The van der Waals surface area contributed by atoms with Crippen molar-refractivity contribution < 1.29 is 0 Å². The zero-order chi connectivity index (χ0) is 30.0. The second-order valence-corrected chi connectivity index (χ2v) is 12.9. The third kappa shape index (κ3) is 6.33. The van der Waals surface area contributed by atoms with Crippen LogP contribution >= 0.6 is 35.6 Å². The maximum absolute atomic E-state index is 9.72. The van der Waals surface area contributed by atoms with Crippen LogP contribution < -0.4 is 5.73 Å². The number of H-pyrrole nitrogens is 1. The zero-order valence-electron chi connectivity index (χ0n) is 24.0. The van der Waals surface area contributed by atoms with E-state index in [4.69, 9.17) is 17.3 Å². The summed E-state index contributed by atoms with van der Waals surface area (Å²) >= 11 is 12.3. The molecule has 0 fully saturated rings. The van der Waals surface area contributed by atoms with Gasteiger partial charge in [-0.3, -0.25) is 0 Å². The van der Waals surface area contributed by atoms with E-state index in [1.54, 1.807) is 0 Å². The van der Waals surface area contributed by atoms with Gasteiger partial charge in [0.05, 0.1) is 5.69 Å². The number of rotatable bonds is 4. The van der Waals surface area contributed by atoms with Crippen LogP contribution in [0.5, 0.6) is 0 Å². The molecule has 0 aliphatic heterocycles. The predicted molar refractivity (Wildman–Crippen MR) is 183 cm³/mol. The molecule has 0 aliphatic carbocycles. The molecule has 0 saturated heterocycles. The Labute approximate surface area is 262 Å². The molecule has 6 aromatic rings. The molecule has 0 saturated carbocycles. The minimum Gasteiger partial charge on any atom is -0.354 e. The number of thiol groups is 1. The zero-order valence-corrected chi connectivity index (χ0v) is 26.5. The lowest BCUT2D eigenvalue weighted by Gasteiger charge is -2.20. The molecule has 2 heterocycles. The number of benzene rings is 4. The van der Waals surface area contributed by atoms with Gasteiger partial charge in [-0.05, 0) is 92.2 Å². The molecule has 42 heavy (non-hydrogen) atoms. The summed E-state index contributed by atoms with van der Waals surface area (Å²) in [4.78, 5) is 5.35. The molecule has 3 nitrogen and oxygen atoms in total. The van der Waals surface area contributed by atoms with Crippen molar-refractivity contribution >= 4 is 46.5 Å². The Morgan fingerprint density at radius 3 is 2.24 bits per heavy atom. The molecule has 3 N–H and O–H groups in total. The normalized spacial score (nSPS) is 11.2. The summed E-state index contributed by atoms with van der Waals surface area (Å²) < 4.78 is 0. The number of aryl methyl sites for hydroxylation is 2. The van der Waals surface area contributed by atoms with Gasteiger partial charge in [0, 0.05) is 43.1 Å². The summed E-state index contributed by atoms with van der Waals surface area (Å²) in [5.41, 5.74) is 16.3. The molecule has 4 aromatic carbocycles. The van der Waals surface area contributed by atoms with Crippen LogP contribution in [0.3, 0.4) is 0 Å². The van der Waals surface area contributed by atoms with Crippen molar-refractivity contribution in [2.75, 3.05) is 0 Å². The van der Waals surface area contributed by atoms with E-state index in [0.717, 1.165) is 54.9 Å². The summed E-state index contributed by atoms with van der Waals surface area (Å²) in [6, 6.07) is 33.2. The second kappa shape index (κ2) is 12.2. The molecular formula is C36H32ClN3S2. The maximum atomic E-state index is 9.72. The highest BCUT2D eigenvalue weighted by Crippen LogP contribution is 2.42. The Morgan fingerprint density at radius 2 is 1.57 bits per heavy atom. The number of nitrogens with one attached hydrogen (secondary N) is 1. The van der Waals surface area contributed by atoms with Crippen molar-refractivity contribution in [3.8, 4) is 39.6 Å². The molecule has 0 spiro atoms. The fourth-order valence-electron chi connectivity index (χ4n) is 4.93. The Hall–Kier alpha value is -3.79. The van der Waals surface area contributed by atoms with Gasteiger partial charge in [-0.2, -0.15) is 5.26 Å². The minimum atomic E-state index is -0.458. The van der Waals surface area contributed by atoms with E-state index in [2.05, 4.69) is 73.9 Å². The molecular weight excluding hydrogens is 574 g/mol. The van der Waals surface area contributed by atoms with E-state index >= 15 is 0 Å². The summed E-state index contributed by atoms with van der Waals surface area (Å²) in [5, 5.41) is 13.5. The summed E-state index contributed by atoms with van der Waals surface area (Å²) in [5.74, 6) is 0. The summed E-state index contributed by atoms with van der Waals surface area (Å²) in [7, 11) is 0. The average molecular weight is 606 g/mol.